The first-order valence-electron chi connectivity index (χ1n) is 17.8. The van der Waals surface area contributed by atoms with Gasteiger partial charge >= 0.3 is 11.9 Å². The smallest absolute Gasteiger partial charge is 0.328 e. The van der Waals surface area contributed by atoms with Gasteiger partial charge in [0.15, 0.2) is 0 Å². The molecule has 310 valence electrons. The van der Waals surface area contributed by atoms with Crippen LogP contribution in [-0.4, -0.2) is 141 Å². The zero-order chi connectivity index (χ0) is 41.9. The van der Waals surface area contributed by atoms with Gasteiger partial charge in [-0.05, 0) is 64.3 Å². The van der Waals surface area contributed by atoms with Crippen molar-refractivity contribution in [2.75, 3.05) is 13.2 Å². The van der Waals surface area contributed by atoms with Crippen LogP contribution in [-0.2, 0) is 38.4 Å². The molecule has 0 bridgehead atoms. The molecule has 9 atom stereocenters. The molecule has 0 unspecified atom stereocenters. The Bertz CT molecular complexity index is 1280. The summed E-state index contributed by atoms with van der Waals surface area (Å²) in [7, 11) is 0. The number of aliphatic carboxylic acids is 2. The SMILES string of the molecule is CC(C)C[C@H](NC(=O)[C@H](CCCCN)NC(=O)[C@H](CCC(=O)O)NC(=O)[C@@H](N)[C@@H](C)O)C(=O)N[C@H](C(=O)N[C@H](C(=O)N[C@@H](CO)C(=O)O)[C@@H](C)O)C(C)C. The van der Waals surface area contributed by atoms with Crippen LogP contribution >= 0.6 is 0 Å². The highest BCUT2D eigenvalue weighted by Crippen LogP contribution is 2.11. The monoisotopic (exact) mass is 776 g/mol. The molecule has 0 saturated heterocycles. The molecule has 0 radical (unpaired) electrons. The first-order valence-corrected chi connectivity index (χ1v) is 17.8. The third kappa shape index (κ3) is 18.1. The topological polar surface area (TPSA) is 362 Å². The van der Waals surface area contributed by atoms with Crippen LogP contribution in [0.4, 0.5) is 0 Å². The summed E-state index contributed by atoms with van der Waals surface area (Å²) in [6.07, 6.45) is -2.88. The van der Waals surface area contributed by atoms with Gasteiger partial charge in [-0.15, -0.1) is 0 Å². The molecule has 0 aromatic heterocycles. The average molecular weight is 777 g/mol. The van der Waals surface area contributed by atoms with Crippen molar-refractivity contribution in [1.82, 2.24) is 31.9 Å². The number of rotatable bonds is 26. The second-order valence-electron chi connectivity index (χ2n) is 13.8. The summed E-state index contributed by atoms with van der Waals surface area (Å²) in [5.41, 5.74) is 11.3. The fourth-order valence-corrected chi connectivity index (χ4v) is 4.92. The van der Waals surface area contributed by atoms with Crippen LogP contribution in [0.5, 0.6) is 0 Å². The standard InChI is InChI=1S/C33H60N8O13/c1-15(2)13-21(29(49)40-25(16(3)4)31(51)41-26(18(6)44)32(52)39-22(14-42)33(53)54)38-27(47)19(9-7-8-12-34)36-28(48)20(10-11-23(45)46)37-30(50)24(35)17(5)43/h15-22,24-26,42-44H,7-14,34-35H2,1-6H3,(H,36,48)(H,37,50)(H,38,47)(H,39,52)(H,40,49)(H,41,51)(H,45,46)(H,53,54)/t17-,18-,19+,20+,21+,22+,24+,25+,26+/m1/s1. The van der Waals surface area contributed by atoms with E-state index in [2.05, 4.69) is 26.6 Å². The Morgan fingerprint density at radius 3 is 1.48 bits per heavy atom. The number of unbranched alkanes of at least 4 members (excludes halogenated alkanes) is 1. The Morgan fingerprint density at radius 1 is 0.574 bits per heavy atom. The molecule has 0 aliphatic carbocycles. The van der Waals surface area contributed by atoms with Gasteiger partial charge in [-0.25, -0.2) is 4.79 Å². The number of amides is 6. The van der Waals surface area contributed by atoms with Gasteiger partial charge in [-0.2, -0.15) is 0 Å². The summed E-state index contributed by atoms with van der Waals surface area (Å²) in [5, 5.41) is 61.7. The maximum Gasteiger partial charge on any atom is 0.328 e. The van der Waals surface area contributed by atoms with Crippen molar-refractivity contribution in [2.24, 2.45) is 23.3 Å². The number of aliphatic hydroxyl groups is 3. The van der Waals surface area contributed by atoms with Crippen LogP contribution in [0.3, 0.4) is 0 Å². The van der Waals surface area contributed by atoms with E-state index in [-0.39, 0.29) is 31.7 Å². The van der Waals surface area contributed by atoms with E-state index in [1.165, 1.54) is 6.92 Å². The zero-order valence-electron chi connectivity index (χ0n) is 31.7. The minimum absolute atomic E-state index is 0.0242. The predicted molar refractivity (Wildman–Crippen MR) is 192 cm³/mol. The van der Waals surface area contributed by atoms with Crippen molar-refractivity contribution < 1.29 is 63.9 Å². The lowest BCUT2D eigenvalue weighted by Gasteiger charge is -2.30. The molecule has 0 saturated carbocycles. The number of carbonyl (C=O) groups excluding carboxylic acids is 6. The summed E-state index contributed by atoms with van der Waals surface area (Å²) < 4.78 is 0. The minimum Gasteiger partial charge on any atom is -0.481 e. The van der Waals surface area contributed by atoms with E-state index in [4.69, 9.17) is 16.6 Å². The van der Waals surface area contributed by atoms with Crippen LogP contribution in [0.2, 0.25) is 0 Å². The lowest BCUT2D eigenvalue weighted by atomic mass is 9.98. The fraction of sp³-hybridized carbons (Fsp3) is 0.758. The lowest BCUT2D eigenvalue weighted by Crippen LogP contribution is -2.62. The Balaban J connectivity index is 6.27. The largest absolute Gasteiger partial charge is 0.481 e. The van der Waals surface area contributed by atoms with E-state index in [1.807, 2.05) is 5.32 Å². The molecular weight excluding hydrogens is 716 g/mol. The molecule has 0 fully saturated rings. The number of nitrogens with two attached hydrogens (primary N) is 2. The predicted octanol–water partition coefficient (Wildman–Crippen LogP) is -4.24. The molecule has 0 aliphatic heterocycles. The maximum absolute atomic E-state index is 13.7. The lowest BCUT2D eigenvalue weighted by molar-refractivity contribution is -0.144. The number of hydrogen-bond donors (Lipinski definition) is 13. The van der Waals surface area contributed by atoms with Crippen LogP contribution in [0, 0.1) is 11.8 Å². The van der Waals surface area contributed by atoms with Crippen LogP contribution in [0.1, 0.15) is 80.1 Å². The van der Waals surface area contributed by atoms with E-state index in [9.17, 15) is 58.8 Å². The molecule has 0 aromatic carbocycles. The van der Waals surface area contributed by atoms with Gasteiger partial charge in [-0.3, -0.25) is 33.6 Å². The summed E-state index contributed by atoms with van der Waals surface area (Å²) in [5.74, 6) is -9.19. The van der Waals surface area contributed by atoms with E-state index in [1.54, 1.807) is 27.7 Å². The molecule has 15 N–H and O–H groups in total. The molecular formula is C33H60N8O13. The van der Waals surface area contributed by atoms with Gasteiger partial charge in [0, 0.05) is 6.42 Å². The molecule has 0 spiro atoms. The molecule has 0 aromatic rings. The Morgan fingerprint density at radius 2 is 1.04 bits per heavy atom. The molecule has 54 heavy (non-hydrogen) atoms. The van der Waals surface area contributed by atoms with E-state index < -0.39 is 121 Å². The van der Waals surface area contributed by atoms with Crippen molar-refractivity contribution in [3.8, 4) is 0 Å². The second-order valence-corrected chi connectivity index (χ2v) is 13.8. The van der Waals surface area contributed by atoms with Crippen LogP contribution < -0.4 is 43.4 Å². The van der Waals surface area contributed by atoms with Crippen molar-refractivity contribution >= 4 is 47.4 Å². The number of hydrogen-bond acceptors (Lipinski definition) is 13. The van der Waals surface area contributed by atoms with Crippen molar-refractivity contribution in [1.29, 1.82) is 0 Å². The van der Waals surface area contributed by atoms with Gasteiger partial charge in [0.05, 0.1) is 18.8 Å². The Kier molecular flexibility index (Phi) is 22.8. The quantitative estimate of drug-likeness (QED) is 0.0370. The summed E-state index contributed by atoms with van der Waals surface area (Å²) in [6.45, 7) is 8.36. The van der Waals surface area contributed by atoms with Gasteiger partial charge in [0.1, 0.15) is 42.3 Å². The Hall–Kier alpha value is -4.44. The van der Waals surface area contributed by atoms with Crippen LogP contribution in [0.15, 0.2) is 0 Å². The average Bonchev–Trinajstić information content (AvgIpc) is 3.07. The zero-order valence-corrected chi connectivity index (χ0v) is 31.7. The van der Waals surface area contributed by atoms with Crippen molar-refractivity contribution in [3.05, 3.63) is 0 Å². The summed E-state index contributed by atoms with van der Waals surface area (Å²) >= 11 is 0. The van der Waals surface area contributed by atoms with Gasteiger partial charge in [-0.1, -0.05) is 27.7 Å². The highest BCUT2D eigenvalue weighted by molar-refractivity contribution is 5.97. The highest BCUT2D eigenvalue weighted by atomic mass is 16.4. The summed E-state index contributed by atoms with van der Waals surface area (Å²) in [6, 6.07) is -10.2. The van der Waals surface area contributed by atoms with Gasteiger partial charge < -0.3 is 68.9 Å². The Labute approximate surface area is 314 Å². The van der Waals surface area contributed by atoms with E-state index >= 15 is 0 Å². The molecule has 21 nitrogen and oxygen atoms in total. The van der Waals surface area contributed by atoms with E-state index in [0.717, 1.165) is 6.92 Å². The minimum atomic E-state index is -1.72. The van der Waals surface area contributed by atoms with Crippen molar-refractivity contribution in [3.63, 3.8) is 0 Å². The van der Waals surface area contributed by atoms with Crippen LogP contribution in [0.25, 0.3) is 0 Å². The first-order chi connectivity index (χ1) is 25.1. The third-order valence-electron chi connectivity index (χ3n) is 8.13. The first kappa shape index (κ1) is 49.6. The highest BCUT2D eigenvalue weighted by Gasteiger charge is 2.36. The fourth-order valence-electron chi connectivity index (χ4n) is 4.92. The maximum atomic E-state index is 13.7. The molecule has 0 rings (SSSR count). The normalized spacial score (nSPS) is 16.3. The number of carboxylic acids is 2. The molecule has 6 amide bonds. The van der Waals surface area contributed by atoms with E-state index in [0.29, 0.717) is 12.8 Å². The number of nitrogens with one attached hydrogen (secondary N) is 6. The number of aliphatic hydroxyl groups excluding tert-OH is 3. The molecule has 0 heterocycles. The number of carbonyl (C=O) groups is 8. The summed E-state index contributed by atoms with van der Waals surface area (Å²) in [4.78, 5) is 102. The van der Waals surface area contributed by atoms with Crippen molar-refractivity contribution in [2.45, 2.75) is 135 Å². The van der Waals surface area contributed by atoms with Gasteiger partial charge in [0.25, 0.3) is 0 Å². The van der Waals surface area contributed by atoms with Gasteiger partial charge in [0.2, 0.25) is 35.4 Å². The third-order valence-corrected chi connectivity index (χ3v) is 8.13. The number of carboxylic acid groups (broad SMARTS) is 2. The molecule has 21 heteroatoms. The molecule has 0 aliphatic rings. The second kappa shape index (κ2) is 24.8.